The van der Waals surface area contributed by atoms with Gasteiger partial charge >= 0.3 is 6.18 Å². The molecule has 1 aliphatic rings. The molecule has 0 amide bonds. The van der Waals surface area contributed by atoms with E-state index in [0.29, 0.717) is 5.56 Å². The molecule has 0 radical (unpaired) electrons. The monoisotopic (exact) mass is 261 g/mol. The van der Waals surface area contributed by atoms with E-state index in [-0.39, 0.29) is 0 Å². The largest absolute Gasteiger partial charge is 0.416 e. The second-order valence-corrected chi connectivity index (χ2v) is 4.30. The maximum absolute atomic E-state index is 12.4. The summed E-state index contributed by atoms with van der Waals surface area (Å²) in [5, 5.41) is 26.8. The van der Waals surface area contributed by atoms with Crippen molar-refractivity contribution in [1.82, 2.24) is 0 Å². The van der Waals surface area contributed by atoms with Crippen molar-refractivity contribution in [1.29, 1.82) is 15.8 Å². The Morgan fingerprint density at radius 3 is 1.84 bits per heavy atom. The molecule has 1 aromatic rings. The van der Waals surface area contributed by atoms with Gasteiger partial charge in [0.2, 0.25) is 0 Å². The molecule has 0 aromatic heterocycles. The normalized spacial score (nSPS) is 23.8. The first-order chi connectivity index (χ1) is 8.90. The van der Waals surface area contributed by atoms with Crippen LogP contribution in [0.1, 0.15) is 17.0 Å². The molecule has 0 unspecified atom stereocenters. The Labute approximate surface area is 107 Å². The number of halogens is 3. The van der Waals surface area contributed by atoms with Gasteiger partial charge < -0.3 is 0 Å². The minimum atomic E-state index is -4.43. The molecule has 0 saturated heterocycles. The van der Waals surface area contributed by atoms with Crippen LogP contribution in [0.25, 0.3) is 0 Å². The summed E-state index contributed by atoms with van der Waals surface area (Å²) in [6.45, 7) is 0. The highest BCUT2D eigenvalue weighted by Gasteiger charge is 2.68. The van der Waals surface area contributed by atoms with Crippen molar-refractivity contribution >= 4 is 0 Å². The zero-order valence-corrected chi connectivity index (χ0v) is 9.44. The molecule has 6 heteroatoms. The fourth-order valence-electron chi connectivity index (χ4n) is 2.20. The Hall–Kier alpha value is -2.52. The third kappa shape index (κ3) is 1.80. The molecule has 0 bridgehead atoms. The molecule has 0 heterocycles. The van der Waals surface area contributed by atoms with Crippen molar-refractivity contribution in [3.05, 3.63) is 35.4 Å². The summed E-state index contributed by atoms with van der Waals surface area (Å²) in [4.78, 5) is 0. The van der Waals surface area contributed by atoms with E-state index in [9.17, 15) is 13.2 Å². The lowest BCUT2D eigenvalue weighted by Gasteiger charge is -2.07. The predicted octanol–water partition coefficient (Wildman–Crippen LogP) is 2.98. The summed E-state index contributed by atoms with van der Waals surface area (Å²) in [6.07, 6.45) is -4.43. The van der Waals surface area contributed by atoms with Crippen molar-refractivity contribution in [3.63, 3.8) is 0 Å². The molecular formula is C13H6F3N3. The third-order valence-corrected chi connectivity index (χ3v) is 3.31. The molecular weight excluding hydrogens is 255 g/mol. The molecule has 0 N–H and O–H groups in total. The Kier molecular flexibility index (Phi) is 2.72. The van der Waals surface area contributed by atoms with Crippen molar-refractivity contribution in [2.24, 2.45) is 11.3 Å². The minimum Gasteiger partial charge on any atom is -0.198 e. The fourth-order valence-corrected chi connectivity index (χ4v) is 2.20. The van der Waals surface area contributed by atoms with Gasteiger partial charge in [-0.05, 0) is 17.7 Å². The predicted molar refractivity (Wildman–Crippen MR) is 56.9 cm³/mol. The number of nitrogens with zero attached hydrogens (tertiary/aromatic N) is 3. The molecule has 1 aliphatic carbocycles. The lowest BCUT2D eigenvalue weighted by Crippen LogP contribution is -2.04. The van der Waals surface area contributed by atoms with Gasteiger partial charge in [0.1, 0.15) is 0 Å². The molecule has 19 heavy (non-hydrogen) atoms. The van der Waals surface area contributed by atoms with E-state index in [0.717, 1.165) is 12.1 Å². The first-order valence-electron chi connectivity index (χ1n) is 5.30. The van der Waals surface area contributed by atoms with E-state index in [1.54, 1.807) is 12.1 Å². The van der Waals surface area contributed by atoms with Gasteiger partial charge in [0.15, 0.2) is 5.41 Å². The van der Waals surface area contributed by atoms with Gasteiger partial charge in [0, 0.05) is 5.92 Å². The molecule has 3 nitrogen and oxygen atoms in total. The van der Waals surface area contributed by atoms with E-state index in [4.69, 9.17) is 15.8 Å². The summed E-state index contributed by atoms with van der Waals surface area (Å²) in [5.74, 6) is -1.44. The average Bonchev–Trinajstić information content (AvgIpc) is 3.06. The van der Waals surface area contributed by atoms with Gasteiger partial charge in [-0.15, -0.1) is 0 Å². The fraction of sp³-hybridized carbons (Fsp3) is 0.308. The maximum atomic E-state index is 12.4. The van der Waals surface area contributed by atoms with Gasteiger partial charge in [0.25, 0.3) is 0 Å². The van der Waals surface area contributed by atoms with Gasteiger partial charge in [-0.3, -0.25) is 0 Å². The number of nitriles is 3. The van der Waals surface area contributed by atoms with Crippen LogP contribution >= 0.6 is 0 Å². The topological polar surface area (TPSA) is 71.4 Å². The Balaban J connectivity index is 2.35. The molecule has 94 valence electrons. The average molecular weight is 261 g/mol. The second-order valence-electron chi connectivity index (χ2n) is 4.30. The quantitative estimate of drug-likeness (QED) is 0.780. The van der Waals surface area contributed by atoms with E-state index >= 15 is 0 Å². The van der Waals surface area contributed by atoms with E-state index in [1.807, 2.05) is 6.07 Å². The lowest BCUT2D eigenvalue weighted by molar-refractivity contribution is -0.137. The number of hydrogen-bond acceptors (Lipinski definition) is 3. The van der Waals surface area contributed by atoms with Crippen LogP contribution in [0, 0.1) is 45.3 Å². The highest BCUT2D eigenvalue weighted by molar-refractivity contribution is 5.48. The molecule has 2 rings (SSSR count). The highest BCUT2D eigenvalue weighted by Crippen LogP contribution is 2.63. The van der Waals surface area contributed by atoms with Gasteiger partial charge in [0.05, 0.1) is 29.7 Å². The van der Waals surface area contributed by atoms with Crippen LogP contribution in [0.15, 0.2) is 24.3 Å². The Morgan fingerprint density at radius 1 is 1.00 bits per heavy atom. The minimum absolute atomic E-state index is 0.405. The number of rotatable bonds is 1. The summed E-state index contributed by atoms with van der Waals surface area (Å²) in [6, 6.07) is 9.65. The van der Waals surface area contributed by atoms with Crippen LogP contribution in [0.3, 0.4) is 0 Å². The molecule has 1 aromatic carbocycles. The summed E-state index contributed by atoms with van der Waals surface area (Å²) < 4.78 is 37.2. The summed E-state index contributed by atoms with van der Waals surface area (Å²) >= 11 is 0. The van der Waals surface area contributed by atoms with Crippen LogP contribution in [-0.2, 0) is 6.18 Å². The SMILES string of the molecule is N#C[C@@H]1[C@@H](c2ccc(C(F)(F)F)cc2)C1(C#N)C#N. The third-order valence-electron chi connectivity index (χ3n) is 3.31. The molecule has 1 fully saturated rings. The molecule has 0 aliphatic heterocycles. The number of benzene rings is 1. The van der Waals surface area contributed by atoms with Crippen molar-refractivity contribution < 1.29 is 13.2 Å². The Morgan fingerprint density at radius 2 is 1.53 bits per heavy atom. The first kappa shape index (κ1) is 12.9. The second kappa shape index (κ2) is 4.00. The first-order valence-corrected chi connectivity index (χ1v) is 5.30. The number of hydrogen-bond donors (Lipinski definition) is 0. The Bertz CT molecular complexity index is 612. The van der Waals surface area contributed by atoms with E-state index in [1.165, 1.54) is 12.1 Å². The van der Waals surface area contributed by atoms with Crippen LogP contribution in [0.2, 0.25) is 0 Å². The van der Waals surface area contributed by atoms with E-state index < -0.39 is 29.0 Å². The van der Waals surface area contributed by atoms with Gasteiger partial charge in [-0.1, -0.05) is 12.1 Å². The molecule has 2 atom stereocenters. The van der Waals surface area contributed by atoms with Crippen molar-refractivity contribution in [2.45, 2.75) is 12.1 Å². The standard InChI is InChI=1S/C13H6F3N3/c14-13(15,16)9-3-1-8(2-4-9)11-10(5-17)12(11,6-18)7-19/h1-4,10-11H/t10-,11-/m1/s1. The summed E-state index contributed by atoms with van der Waals surface area (Å²) in [7, 11) is 0. The van der Waals surface area contributed by atoms with E-state index in [2.05, 4.69) is 0 Å². The lowest BCUT2D eigenvalue weighted by atomic mass is 10.0. The maximum Gasteiger partial charge on any atom is 0.416 e. The zero-order chi connectivity index (χ0) is 14.3. The molecule has 1 saturated carbocycles. The zero-order valence-electron chi connectivity index (χ0n) is 9.44. The van der Waals surface area contributed by atoms with Crippen molar-refractivity contribution in [3.8, 4) is 18.2 Å². The highest BCUT2D eigenvalue weighted by atomic mass is 19.4. The van der Waals surface area contributed by atoms with Crippen LogP contribution in [0.4, 0.5) is 13.2 Å². The van der Waals surface area contributed by atoms with Gasteiger partial charge in [-0.2, -0.15) is 29.0 Å². The van der Waals surface area contributed by atoms with Gasteiger partial charge in [-0.25, -0.2) is 0 Å². The van der Waals surface area contributed by atoms with Crippen molar-refractivity contribution in [2.75, 3.05) is 0 Å². The van der Waals surface area contributed by atoms with Crippen LogP contribution in [0.5, 0.6) is 0 Å². The summed E-state index contributed by atoms with van der Waals surface area (Å²) in [5.41, 5.74) is -1.83. The van der Waals surface area contributed by atoms with Crippen LogP contribution < -0.4 is 0 Å². The van der Waals surface area contributed by atoms with Crippen LogP contribution in [-0.4, -0.2) is 0 Å². The smallest absolute Gasteiger partial charge is 0.198 e. The molecule has 0 spiro atoms. The number of alkyl halides is 3.